The van der Waals surface area contributed by atoms with E-state index < -0.39 is 0 Å². The van der Waals surface area contributed by atoms with Crippen LogP contribution in [0, 0.1) is 11.3 Å². The Bertz CT molecular complexity index is 290. The molecule has 0 spiro atoms. The molecule has 0 amide bonds. The number of hydrogen-bond acceptors (Lipinski definition) is 5. The van der Waals surface area contributed by atoms with E-state index in [1.165, 1.54) is 12.5 Å². The molecule has 0 fully saturated rings. The molecule has 0 saturated carbocycles. The average molecular weight is 163 g/mol. The second-order valence-electron chi connectivity index (χ2n) is 2.11. The van der Waals surface area contributed by atoms with Gasteiger partial charge in [0, 0.05) is 13.1 Å². The number of nitrogens with zero attached hydrogens (tertiary/aromatic N) is 3. The minimum absolute atomic E-state index is 0.436. The highest BCUT2D eigenvalue weighted by Crippen LogP contribution is 2.06. The molecule has 12 heavy (non-hydrogen) atoms. The molecule has 0 aliphatic carbocycles. The molecule has 3 N–H and O–H groups in total. The molecular formula is C7H9N5. The smallest absolute Gasteiger partial charge is 0.147 e. The number of anilines is 1. The topological polar surface area (TPSA) is 87.6 Å². The molecule has 1 aromatic rings. The molecule has 62 valence electrons. The van der Waals surface area contributed by atoms with Gasteiger partial charge in [-0.2, -0.15) is 5.26 Å². The molecular weight excluding hydrogens is 154 g/mol. The lowest BCUT2D eigenvalue weighted by molar-refractivity contribution is 1.00. The van der Waals surface area contributed by atoms with Crippen molar-refractivity contribution in [3.8, 4) is 6.07 Å². The highest BCUT2D eigenvalue weighted by Gasteiger charge is 1.99. The van der Waals surface area contributed by atoms with Crippen LogP contribution in [0.1, 0.15) is 5.56 Å². The van der Waals surface area contributed by atoms with E-state index in [9.17, 15) is 0 Å². The Hall–Kier alpha value is -1.67. The minimum atomic E-state index is 0.436. The third-order valence-electron chi connectivity index (χ3n) is 1.27. The molecule has 0 atom stereocenters. The maximum Gasteiger partial charge on any atom is 0.147 e. The molecule has 5 heteroatoms. The minimum Gasteiger partial charge on any atom is -0.368 e. The fraction of sp³-hybridized carbons (Fsp3) is 0.286. The van der Waals surface area contributed by atoms with E-state index in [0.717, 1.165) is 0 Å². The van der Waals surface area contributed by atoms with E-state index >= 15 is 0 Å². The first-order chi connectivity index (χ1) is 5.88. The normalized spacial score (nSPS) is 9.00. The number of nitriles is 1. The van der Waals surface area contributed by atoms with E-state index in [0.29, 0.717) is 24.5 Å². The predicted octanol–water partition coefficient (Wildman–Crippen LogP) is -0.281. The van der Waals surface area contributed by atoms with Gasteiger partial charge in [-0.05, 0) is 0 Å². The fourth-order valence-electron chi connectivity index (χ4n) is 0.743. The van der Waals surface area contributed by atoms with Crippen molar-refractivity contribution in [1.29, 1.82) is 5.26 Å². The van der Waals surface area contributed by atoms with Gasteiger partial charge in [-0.1, -0.05) is 0 Å². The van der Waals surface area contributed by atoms with Crippen LogP contribution in [0.25, 0.3) is 0 Å². The van der Waals surface area contributed by atoms with Crippen LogP contribution in [0.4, 0.5) is 5.82 Å². The van der Waals surface area contributed by atoms with Crippen LogP contribution in [0.5, 0.6) is 0 Å². The second-order valence-corrected chi connectivity index (χ2v) is 2.11. The SMILES string of the molecule is N#Cc1cncnc1NCCN. The lowest BCUT2D eigenvalue weighted by Crippen LogP contribution is -2.14. The summed E-state index contributed by atoms with van der Waals surface area (Å²) in [5.74, 6) is 0.540. The molecule has 0 saturated heterocycles. The van der Waals surface area contributed by atoms with Crippen molar-refractivity contribution in [3.05, 3.63) is 18.1 Å². The summed E-state index contributed by atoms with van der Waals surface area (Å²) >= 11 is 0. The van der Waals surface area contributed by atoms with E-state index in [-0.39, 0.29) is 0 Å². The largest absolute Gasteiger partial charge is 0.368 e. The summed E-state index contributed by atoms with van der Waals surface area (Å²) in [6, 6.07) is 1.98. The van der Waals surface area contributed by atoms with Gasteiger partial charge in [0.15, 0.2) is 0 Å². The first kappa shape index (κ1) is 8.43. The Morgan fingerprint density at radius 3 is 3.17 bits per heavy atom. The summed E-state index contributed by atoms with van der Waals surface area (Å²) in [6.07, 6.45) is 2.85. The summed E-state index contributed by atoms with van der Waals surface area (Å²) < 4.78 is 0. The number of aromatic nitrogens is 2. The zero-order chi connectivity index (χ0) is 8.81. The van der Waals surface area contributed by atoms with Gasteiger partial charge in [0.2, 0.25) is 0 Å². The van der Waals surface area contributed by atoms with Gasteiger partial charge < -0.3 is 11.1 Å². The van der Waals surface area contributed by atoms with Gasteiger partial charge in [-0.25, -0.2) is 9.97 Å². The van der Waals surface area contributed by atoms with E-state index in [4.69, 9.17) is 11.0 Å². The third-order valence-corrected chi connectivity index (χ3v) is 1.27. The summed E-state index contributed by atoms with van der Waals surface area (Å²) in [6.45, 7) is 1.11. The molecule has 1 rings (SSSR count). The summed E-state index contributed by atoms with van der Waals surface area (Å²) in [5.41, 5.74) is 5.72. The Labute approximate surface area is 70.2 Å². The van der Waals surface area contributed by atoms with Gasteiger partial charge in [0.05, 0.1) is 6.20 Å². The van der Waals surface area contributed by atoms with E-state index in [1.807, 2.05) is 6.07 Å². The van der Waals surface area contributed by atoms with Crippen molar-refractivity contribution in [1.82, 2.24) is 9.97 Å². The van der Waals surface area contributed by atoms with E-state index in [2.05, 4.69) is 15.3 Å². The quantitative estimate of drug-likeness (QED) is 0.639. The van der Waals surface area contributed by atoms with Crippen LogP contribution < -0.4 is 11.1 Å². The number of hydrogen-bond donors (Lipinski definition) is 2. The molecule has 0 aliphatic rings. The lowest BCUT2D eigenvalue weighted by atomic mass is 10.3. The number of nitrogens with one attached hydrogen (secondary N) is 1. The van der Waals surface area contributed by atoms with Crippen LogP contribution in [0.3, 0.4) is 0 Å². The Balaban J connectivity index is 2.77. The zero-order valence-corrected chi connectivity index (χ0v) is 6.49. The molecule has 0 aliphatic heterocycles. The zero-order valence-electron chi connectivity index (χ0n) is 6.49. The second kappa shape index (κ2) is 4.26. The molecule has 0 radical (unpaired) electrons. The van der Waals surface area contributed by atoms with Gasteiger partial charge in [0.1, 0.15) is 23.8 Å². The van der Waals surface area contributed by atoms with Crippen molar-refractivity contribution < 1.29 is 0 Å². The maximum atomic E-state index is 8.62. The van der Waals surface area contributed by atoms with Crippen molar-refractivity contribution in [2.75, 3.05) is 18.4 Å². The molecule has 0 unspecified atom stereocenters. The van der Waals surface area contributed by atoms with Crippen LogP contribution in [0.2, 0.25) is 0 Å². The summed E-state index contributed by atoms with van der Waals surface area (Å²) in [4.78, 5) is 7.61. The van der Waals surface area contributed by atoms with Crippen molar-refractivity contribution in [2.24, 2.45) is 5.73 Å². The molecule has 5 nitrogen and oxygen atoms in total. The van der Waals surface area contributed by atoms with Crippen LogP contribution in [-0.2, 0) is 0 Å². The van der Waals surface area contributed by atoms with Crippen LogP contribution >= 0.6 is 0 Å². The van der Waals surface area contributed by atoms with Gasteiger partial charge in [0.25, 0.3) is 0 Å². The van der Waals surface area contributed by atoms with Crippen molar-refractivity contribution in [2.45, 2.75) is 0 Å². The highest BCUT2D eigenvalue weighted by molar-refractivity contribution is 5.49. The third kappa shape index (κ3) is 1.90. The first-order valence-electron chi connectivity index (χ1n) is 3.52. The Morgan fingerprint density at radius 2 is 2.50 bits per heavy atom. The van der Waals surface area contributed by atoms with Gasteiger partial charge in [-0.15, -0.1) is 0 Å². The fourth-order valence-corrected chi connectivity index (χ4v) is 0.743. The van der Waals surface area contributed by atoms with Crippen molar-refractivity contribution in [3.63, 3.8) is 0 Å². The van der Waals surface area contributed by atoms with Crippen LogP contribution in [0.15, 0.2) is 12.5 Å². The Kier molecular flexibility index (Phi) is 2.99. The molecule has 1 aromatic heterocycles. The van der Waals surface area contributed by atoms with Gasteiger partial charge >= 0.3 is 0 Å². The molecule has 0 aromatic carbocycles. The summed E-state index contributed by atoms with van der Waals surface area (Å²) in [7, 11) is 0. The molecule has 1 heterocycles. The van der Waals surface area contributed by atoms with E-state index in [1.54, 1.807) is 0 Å². The average Bonchev–Trinajstić information content (AvgIpc) is 2.15. The first-order valence-corrected chi connectivity index (χ1v) is 3.52. The summed E-state index contributed by atoms with van der Waals surface area (Å²) in [5, 5.41) is 11.5. The maximum absolute atomic E-state index is 8.62. The van der Waals surface area contributed by atoms with Crippen molar-refractivity contribution >= 4 is 5.82 Å². The molecule has 0 bridgehead atoms. The number of nitrogens with two attached hydrogens (primary N) is 1. The predicted molar refractivity (Wildman–Crippen MR) is 44.3 cm³/mol. The monoisotopic (exact) mass is 163 g/mol. The number of rotatable bonds is 3. The highest BCUT2D eigenvalue weighted by atomic mass is 15.0. The van der Waals surface area contributed by atoms with Gasteiger partial charge in [-0.3, -0.25) is 0 Å². The van der Waals surface area contributed by atoms with Crippen LogP contribution in [-0.4, -0.2) is 23.1 Å². The standard InChI is InChI=1S/C7H9N5/c8-1-2-11-7-6(3-9)4-10-5-12-7/h4-5H,1-2,8H2,(H,10,11,12). The Morgan fingerprint density at radius 1 is 1.67 bits per heavy atom. The lowest BCUT2D eigenvalue weighted by Gasteiger charge is -2.03.